The van der Waals surface area contributed by atoms with E-state index in [-0.39, 0.29) is 18.1 Å². The number of carbonyl (C=O) groups excluding carboxylic acids is 1. The van der Waals surface area contributed by atoms with Crippen LogP contribution in [0.4, 0.5) is 0 Å². The van der Waals surface area contributed by atoms with Crippen molar-refractivity contribution in [3.05, 3.63) is 23.7 Å². The van der Waals surface area contributed by atoms with Gasteiger partial charge < -0.3 is 18.8 Å². The fraction of sp³-hybridized carbons (Fsp3) is 0.688. The zero-order chi connectivity index (χ0) is 15.2. The number of amides is 1. The molecule has 0 aliphatic carbocycles. The second-order valence-corrected chi connectivity index (χ2v) is 5.51. The molecule has 1 aliphatic heterocycles. The van der Waals surface area contributed by atoms with Crippen molar-refractivity contribution < 1.29 is 18.7 Å². The van der Waals surface area contributed by atoms with Crippen LogP contribution in [0.25, 0.3) is 0 Å². The standard InChI is InChI=1S/C16H25NO4/c1-4-13-5-6-15(21-13)14-11-19-10-8-17(14)16(18)7-9-20-12(2)3/h5-6,12,14H,4,7-11H2,1-3H3/t14-/m0/s1. The van der Waals surface area contributed by atoms with E-state index in [4.69, 9.17) is 13.9 Å². The Kier molecular flexibility index (Phi) is 5.82. The molecule has 1 aromatic rings. The smallest absolute Gasteiger partial charge is 0.225 e. The average Bonchev–Trinajstić information content (AvgIpc) is 2.95. The number of furan rings is 1. The summed E-state index contributed by atoms with van der Waals surface area (Å²) in [7, 11) is 0. The van der Waals surface area contributed by atoms with Gasteiger partial charge in [-0.1, -0.05) is 6.92 Å². The number of rotatable bonds is 6. The van der Waals surface area contributed by atoms with E-state index in [2.05, 4.69) is 0 Å². The number of carbonyl (C=O) groups is 1. The topological polar surface area (TPSA) is 51.9 Å². The first-order valence-corrected chi connectivity index (χ1v) is 7.69. The van der Waals surface area contributed by atoms with Crippen LogP contribution in [0.2, 0.25) is 0 Å². The first-order chi connectivity index (χ1) is 10.1. The van der Waals surface area contributed by atoms with Crippen LogP contribution >= 0.6 is 0 Å². The molecule has 0 saturated carbocycles. The summed E-state index contributed by atoms with van der Waals surface area (Å²) in [5, 5.41) is 0. The van der Waals surface area contributed by atoms with Crippen molar-refractivity contribution in [1.82, 2.24) is 4.90 Å². The van der Waals surface area contributed by atoms with E-state index < -0.39 is 0 Å². The van der Waals surface area contributed by atoms with Crippen LogP contribution in [0.15, 0.2) is 16.5 Å². The Morgan fingerprint density at radius 1 is 1.48 bits per heavy atom. The van der Waals surface area contributed by atoms with Crippen molar-refractivity contribution in [2.24, 2.45) is 0 Å². The molecule has 1 amide bonds. The van der Waals surface area contributed by atoms with Gasteiger partial charge in [0.2, 0.25) is 5.91 Å². The Balaban J connectivity index is 1.99. The second kappa shape index (κ2) is 7.61. The van der Waals surface area contributed by atoms with Crippen LogP contribution in [-0.2, 0) is 20.7 Å². The molecule has 0 radical (unpaired) electrons. The number of ether oxygens (including phenoxy) is 2. The number of morpholine rings is 1. The highest BCUT2D eigenvalue weighted by atomic mass is 16.5. The van der Waals surface area contributed by atoms with Gasteiger partial charge in [-0.25, -0.2) is 0 Å². The monoisotopic (exact) mass is 295 g/mol. The van der Waals surface area contributed by atoms with Crippen molar-refractivity contribution in [3.8, 4) is 0 Å². The van der Waals surface area contributed by atoms with Crippen molar-refractivity contribution in [2.45, 2.75) is 45.8 Å². The Morgan fingerprint density at radius 2 is 2.29 bits per heavy atom. The van der Waals surface area contributed by atoms with Gasteiger partial charge in [0, 0.05) is 13.0 Å². The molecule has 0 aromatic carbocycles. The van der Waals surface area contributed by atoms with Crippen molar-refractivity contribution in [2.75, 3.05) is 26.4 Å². The highest BCUT2D eigenvalue weighted by molar-refractivity contribution is 5.76. The average molecular weight is 295 g/mol. The van der Waals surface area contributed by atoms with Crippen LogP contribution < -0.4 is 0 Å². The first kappa shape index (κ1) is 16.0. The lowest BCUT2D eigenvalue weighted by atomic mass is 10.1. The summed E-state index contributed by atoms with van der Waals surface area (Å²) >= 11 is 0. The molecular weight excluding hydrogens is 270 g/mol. The fourth-order valence-corrected chi connectivity index (χ4v) is 2.43. The fourth-order valence-electron chi connectivity index (χ4n) is 2.43. The van der Waals surface area contributed by atoms with Crippen molar-refractivity contribution in [1.29, 1.82) is 0 Å². The van der Waals surface area contributed by atoms with Gasteiger partial charge in [0.05, 0.1) is 32.3 Å². The SMILES string of the molecule is CCc1ccc([C@@H]2COCCN2C(=O)CCOC(C)C)o1. The molecule has 1 aliphatic rings. The van der Waals surface area contributed by atoms with E-state index in [1.54, 1.807) is 0 Å². The van der Waals surface area contributed by atoms with Gasteiger partial charge in [-0.15, -0.1) is 0 Å². The number of hydrogen-bond acceptors (Lipinski definition) is 4. The molecule has 0 spiro atoms. The summed E-state index contributed by atoms with van der Waals surface area (Å²) in [5.41, 5.74) is 0. The van der Waals surface area contributed by atoms with Crippen LogP contribution in [-0.4, -0.2) is 43.3 Å². The number of nitrogens with zero attached hydrogens (tertiary/aromatic N) is 1. The molecule has 0 N–H and O–H groups in total. The van der Waals surface area contributed by atoms with E-state index in [0.717, 1.165) is 17.9 Å². The van der Waals surface area contributed by atoms with Crippen LogP contribution in [0.1, 0.15) is 44.8 Å². The maximum absolute atomic E-state index is 12.4. The molecule has 0 unspecified atom stereocenters. The van der Waals surface area contributed by atoms with Gasteiger partial charge in [0.25, 0.3) is 0 Å². The molecule has 1 saturated heterocycles. The third-order valence-electron chi connectivity index (χ3n) is 3.58. The minimum absolute atomic E-state index is 0.0957. The van der Waals surface area contributed by atoms with Crippen LogP contribution in [0, 0.1) is 0 Å². The third-order valence-corrected chi connectivity index (χ3v) is 3.58. The molecule has 0 bridgehead atoms. The predicted molar refractivity (Wildman–Crippen MR) is 79.1 cm³/mol. The number of hydrogen-bond donors (Lipinski definition) is 0. The molecule has 1 atom stereocenters. The lowest BCUT2D eigenvalue weighted by Gasteiger charge is -2.34. The van der Waals surface area contributed by atoms with Gasteiger partial charge in [-0.3, -0.25) is 4.79 Å². The van der Waals surface area contributed by atoms with Crippen molar-refractivity contribution >= 4 is 5.91 Å². The zero-order valence-electron chi connectivity index (χ0n) is 13.1. The lowest BCUT2D eigenvalue weighted by Crippen LogP contribution is -2.43. The first-order valence-electron chi connectivity index (χ1n) is 7.69. The van der Waals surface area contributed by atoms with Crippen molar-refractivity contribution in [3.63, 3.8) is 0 Å². The summed E-state index contributed by atoms with van der Waals surface area (Å²) in [5.74, 6) is 1.84. The van der Waals surface area contributed by atoms with Gasteiger partial charge in [0.15, 0.2) is 0 Å². The minimum atomic E-state index is -0.120. The lowest BCUT2D eigenvalue weighted by molar-refractivity contribution is -0.142. The maximum Gasteiger partial charge on any atom is 0.225 e. The summed E-state index contributed by atoms with van der Waals surface area (Å²) in [6.07, 6.45) is 1.40. The predicted octanol–water partition coefficient (Wildman–Crippen LogP) is 2.56. The molecule has 1 aromatic heterocycles. The quantitative estimate of drug-likeness (QED) is 0.809. The van der Waals surface area contributed by atoms with Gasteiger partial charge in [-0.05, 0) is 26.0 Å². The minimum Gasteiger partial charge on any atom is -0.464 e. The van der Waals surface area contributed by atoms with Gasteiger partial charge in [-0.2, -0.15) is 0 Å². The van der Waals surface area contributed by atoms with Crippen LogP contribution in [0.5, 0.6) is 0 Å². The van der Waals surface area contributed by atoms with E-state index in [1.165, 1.54) is 0 Å². The van der Waals surface area contributed by atoms with E-state index in [0.29, 0.717) is 32.8 Å². The molecule has 21 heavy (non-hydrogen) atoms. The van der Waals surface area contributed by atoms with E-state index in [1.807, 2.05) is 37.8 Å². The maximum atomic E-state index is 12.4. The van der Waals surface area contributed by atoms with Crippen LogP contribution in [0.3, 0.4) is 0 Å². The largest absolute Gasteiger partial charge is 0.464 e. The van der Waals surface area contributed by atoms with Gasteiger partial charge in [0.1, 0.15) is 17.6 Å². The van der Waals surface area contributed by atoms with Gasteiger partial charge >= 0.3 is 0 Å². The molecule has 5 nitrogen and oxygen atoms in total. The molecule has 118 valence electrons. The molecule has 2 rings (SSSR count). The summed E-state index contributed by atoms with van der Waals surface area (Å²) in [4.78, 5) is 14.2. The molecule has 1 fully saturated rings. The summed E-state index contributed by atoms with van der Waals surface area (Å²) in [6, 6.07) is 3.79. The Labute approximate surface area is 126 Å². The molecular formula is C16H25NO4. The highest BCUT2D eigenvalue weighted by Gasteiger charge is 2.30. The summed E-state index contributed by atoms with van der Waals surface area (Å²) in [6.45, 7) is 8.12. The third kappa shape index (κ3) is 4.32. The van der Waals surface area contributed by atoms with E-state index >= 15 is 0 Å². The summed E-state index contributed by atoms with van der Waals surface area (Å²) < 4.78 is 16.8. The number of aryl methyl sites for hydroxylation is 1. The Bertz CT molecular complexity index is 455. The molecule has 2 heterocycles. The zero-order valence-corrected chi connectivity index (χ0v) is 13.1. The second-order valence-electron chi connectivity index (χ2n) is 5.51. The van der Waals surface area contributed by atoms with E-state index in [9.17, 15) is 4.79 Å². The normalized spacial score (nSPS) is 19.2. The molecule has 5 heteroatoms. The Morgan fingerprint density at radius 3 is 2.95 bits per heavy atom. The highest BCUT2D eigenvalue weighted by Crippen LogP contribution is 2.26. The Hall–Kier alpha value is -1.33.